The lowest BCUT2D eigenvalue weighted by Gasteiger charge is -2.32. The summed E-state index contributed by atoms with van der Waals surface area (Å²) in [5.41, 5.74) is 0. The zero-order valence-corrected chi connectivity index (χ0v) is 6.33. The molecule has 0 aliphatic carbocycles. The van der Waals surface area contributed by atoms with Crippen LogP contribution in [0.15, 0.2) is 0 Å². The Morgan fingerprint density at radius 3 is 2.80 bits per heavy atom. The molecule has 4 heteroatoms. The molecule has 0 aromatic carbocycles. The number of amides is 2. The molecule has 1 rings (SSSR count). The highest BCUT2D eigenvalue weighted by Crippen LogP contribution is 2.02. The third kappa shape index (κ3) is 1.21. The molecule has 0 saturated carbocycles. The van der Waals surface area contributed by atoms with Crippen molar-refractivity contribution in [1.82, 2.24) is 9.80 Å². The number of hydrogen-bond donors (Lipinski definition) is 0. The second-order valence-electron chi connectivity index (χ2n) is 2.30. The molecule has 1 fully saturated rings. The Balaban J connectivity index is 2.51. The van der Waals surface area contributed by atoms with Gasteiger partial charge < -0.3 is 14.5 Å². The second kappa shape index (κ2) is 2.88. The van der Waals surface area contributed by atoms with E-state index in [-0.39, 0.29) is 6.03 Å². The molecule has 2 amide bonds. The number of nitrogens with zero attached hydrogens (tertiary/aromatic N) is 2. The highest BCUT2D eigenvalue weighted by molar-refractivity contribution is 5.74. The highest BCUT2D eigenvalue weighted by atomic mass is 16.5. The summed E-state index contributed by atoms with van der Waals surface area (Å²) in [7, 11) is 1.73. The lowest BCUT2D eigenvalue weighted by atomic mass is 10.6. The van der Waals surface area contributed by atoms with Crippen LogP contribution in [0.4, 0.5) is 4.79 Å². The van der Waals surface area contributed by atoms with Crippen LogP contribution < -0.4 is 0 Å². The SMILES string of the molecule is CCN1COCN(C)C1=O. The Labute approximate surface area is 60.4 Å². The molecule has 0 atom stereocenters. The van der Waals surface area contributed by atoms with Crippen LogP contribution in [0.3, 0.4) is 0 Å². The monoisotopic (exact) mass is 144 g/mol. The van der Waals surface area contributed by atoms with Gasteiger partial charge in [-0.1, -0.05) is 0 Å². The van der Waals surface area contributed by atoms with Crippen molar-refractivity contribution in [1.29, 1.82) is 0 Å². The van der Waals surface area contributed by atoms with Crippen molar-refractivity contribution in [3.05, 3.63) is 0 Å². The number of rotatable bonds is 1. The largest absolute Gasteiger partial charge is 0.341 e. The molecular weight excluding hydrogens is 132 g/mol. The number of urea groups is 1. The number of ether oxygens (including phenoxy) is 1. The fourth-order valence-corrected chi connectivity index (χ4v) is 0.866. The van der Waals surface area contributed by atoms with Crippen LogP contribution in [0.25, 0.3) is 0 Å². The maximum absolute atomic E-state index is 11.1. The van der Waals surface area contributed by atoms with Gasteiger partial charge in [0.15, 0.2) is 0 Å². The minimum atomic E-state index is 0.0498. The fraction of sp³-hybridized carbons (Fsp3) is 0.833. The summed E-state index contributed by atoms with van der Waals surface area (Å²) >= 11 is 0. The number of carbonyl (C=O) groups excluding carboxylic acids is 1. The van der Waals surface area contributed by atoms with E-state index in [0.29, 0.717) is 20.0 Å². The van der Waals surface area contributed by atoms with E-state index in [1.165, 1.54) is 0 Å². The fourth-order valence-electron chi connectivity index (χ4n) is 0.866. The molecule has 58 valence electrons. The van der Waals surface area contributed by atoms with E-state index in [9.17, 15) is 4.79 Å². The van der Waals surface area contributed by atoms with Gasteiger partial charge in [0.2, 0.25) is 0 Å². The first kappa shape index (κ1) is 7.34. The molecule has 0 unspecified atom stereocenters. The summed E-state index contributed by atoms with van der Waals surface area (Å²) in [6.45, 7) is 3.48. The Morgan fingerprint density at radius 2 is 2.30 bits per heavy atom. The van der Waals surface area contributed by atoms with Crippen molar-refractivity contribution >= 4 is 6.03 Å². The van der Waals surface area contributed by atoms with E-state index >= 15 is 0 Å². The van der Waals surface area contributed by atoms with E-state index < -0.39 is 0 Å². The van der Waals surface area contributed by atoms with Crippen LogP contribution in [0.2, 0.25) is 0 Å². The average molecular weight is 144 g/mol. The Kier molecular flexibility index (Phi) is 2.11. The van der Waals surface area contributed by atoms with Gasteiger partial charge in [0.1, 0.15) is 13.5 Å². The van der Waals surface area contributed by atoms with E-state index in [4.69, 9.17) is 4.74 Å². The molecule has 0 radical (unpaired) electrons. The third-order valence-electron chi connectivity index (χ3n) is 1.51. The Morgan fingerprint density at radius 1 is 1.60 bits per heavy atom. The van der Waals surface area contributed by atoms with E-state index in [1.54, 1.807) is 16.8 Å². The van der Waals surface area contributed by atoms with Gasteiger partial charge in [-0.15, -0.1) is 0 Å². The lowest BCUT2D eigenvalue weighted by molar-refractivity contribution is -0.0411. The van der Waals surface area contributed by atoms with Gasteiger partial charge in [-0.3, -0.25) is 0 Å². The highest BCUT2D eigenvalue weighted by Gasteiger charge is 2.20. The van der Waals surface area contributed by atoms with Crippen LogP contribution in [0, 0.1) is 0 Å². The summed E-state index contributed by atoms with van der Waals surface area (Å²) in [5, 5.41) is 0. The first-order valence-corrected chi connectivity index (χ1v) is 3.33. The molecule has 1 aliphatic rings. The third-order valence-corrected chi connectivity index (χ3v) is 1.51. The first-order valence-electron chi connectivity index (χ1n) is 3.33. The van der Waals surface area contributed by atoms with Crippen LogP contribution in [-0.2, 0) is 4.74 Å². The summed E-state index contributed by atoms with van der Waals surface area (Å²) in [4.78, 5) is 14.3. The minimum Gasteiger partial charge on any atom is -0.341 e. The van der Waals surface area contributed by atoms with Crippen LogP contribution in [0.5, 0.6) is 0 Å². The van der Waals surface area contributed by atoms with Gasteiger partial charge in [-0.05, 0) is 6.92 Å². The molecule has 0 aromatic rings. The Hall–Kier alpha value is -0.770. The van der Waals surface area contributed by atoms with E-state index in [1.807, 2.05) is 6.92 Å². The zero-order valence-electron chi connectivity index (χ0n) is 6.33. The van der Waals surface area contributed by atoms with E-state index in [0.717, 1.165) is 0 Å². The van der Waals surface area contributed by atoms with Crippen molar-refractivity contribution in [3.8, 4) is 0 Å². The molecule has 10 heavy (non-hydrogen) atoms. The molecule has 4 nitrogen and oxygen atoms in total. The molecule has 1 saturated heterocycles. The minimum absolute atomic E-state index is 0.0498. The molecule has 0 aromatic heterocycles. The molecular formula is C6H12N2O2. The van der Waals surface area contributed by atoms with Crippen LogP contribution >= 0.6 is 0 Å². The topological polar surface area (TPSA) is 32.8 Å². The van der Waals surface area contributed by atoms with Gasteiger partial charge in [0, 0.05) is 13.6 Å². The van der Waals surface area contributed by atoms with Crippen molar-refractivity contribution in [2.75, 3.05) is 27.1 Å². The summed E-state index contributed by atoms with van der Waals surface area (Å²) < 4.78 is 5.09. The van der Waals surface area contributed by atoms with E-state index in [2.05, 4.69) is 0 Å². The molecule has 1 heterocycles. The van der Waals surface area contributed by atoms with Crippen molar-refractivity contribution in [3.63, 3.8) is 0 Å². The summed E-state index contributed by atoms with van der Waals surface area (Å²) in [5.74, 6) is 0. The molecule has 0 bridgehead atoms. The van der Waals surface area contributed by atoms with Crippen LogP contribution in [-0.4, -0.2) is 42.9 Å². The average Bonchev–Trinajstić information content (AvgIpc) is 1.95. The summed E-state index contributed by atoms with van der Waals surface area (Å²) in [6.07, 6.45) is 0. The van der Waals surface area contributed by atoms with Gasteiger partial charge in [0.25, 0.3) is 0 Å². The zero-order chi connectivity index (χ0) is 7.56. The van der Waals surface area contributed by atoms with Gasteiger partial charge in [0.05, 0.1) is 0 Å². The predicted octanol–water partition coefficient (Wildman–Crippen LogP) is 0.305. The van der Waals surface area contributed by atoms with Crippen molar-refractivity contribution < 1.29 is 9.53 Å². The molecule has 0 spiro atoms. The smallest absolute Gasteiger partial charge is 0.323 e. The van der Waals surface area contributed by atoms with Crippen LogP contribution in [0.1, 0.15) is 6.92 Å². The summed E-state index contributed by atoms with van der Waals surface area (Å²) in [6, 6.07) is 0.0498. The normalized spacial score (nSPS) is 20.0. The standard InChI is InChI=1S/C6H12N2O2/c1-3-8-5-10-4-7(2)6(8)9/h3-5H2,1-2H3. The lowest BCUT2D eigenvalue weighted by Crippen LogP contribution is -2.48. The first-order chi connectivity index (χ1) is 4.75. The van der Waals surface area contributed by atoms with Crippen molar-refractivity contribution in [2.45, 2.75) is 6.92 Å². The predicted molar refractivity (Wildman–Crippen MR) is 36.4 cm³/mol. The maximum atomic E-state index is 11.1. The van der Waals surface area contributed by atoms with Crippen molar-refractivity contribution in [2.24, 2.45) is 0 Å². The number of hydrogen-bond acceptors (Lipinski definition) is 2. The quantitative estimate of drug-likeness (QED) is 0.530. The Bertz CT molecular complexity index is 138. The van der Waals surface area contributed by atoms with Gasteiger partial charge >= 0.3 is 6.03 Å². The molecule has 0 N–H and O–H groups in total. The molecule has 1 aliphatic heterocycles. The van der Waals surface area contributed by atoms with Gasteiger partial charge in [-0.2, -0.15) is 0 Å². The van der Waals surface area contributed by atoms with Gasteiger partial charge in [-0.25, -0.2) is 4.79 Å². The maximum Gasteiger partial charge on any atom is 0.323 e. The second-order valence-corrected chi connectivity index (χ2v) is 2.30. The number of carbonyl (C=O) groups is 1.